The van der Waals surface area contributed by atoms with Gasteiger partial charge in [0.05, 0.1) is 9.82 Å². The second-order valence-electron chi connectivity index (χ2n) is 4.57. The van der Waals surface area contributed by atoms with Crippen LogP contribution in [0.2, 0.25) is 0 Å². The largest absolute Gasteiger partial charge is 0.318 e. The van der Waals surface area contributed by atoms with Gasteiger partial charge in [0.1, 0.15) is 5.69 Å². The summed E-state index contributed by atoms with van der Waals surface area (Å²) in [5.74, 6) is 6.20. The normalized spacial score (nSPS) is 18.6. The van der Waals surface area contributed by atoms with E-state index >= 15 is 0 Å². The van der Waals surface area contributed by atoms with E-state index in [2.05, 4.69) is 10.1 Å². The minimum absolute atomic E-state index is 0.0605. The molecule has 1 saturated heterocycles. The number of hydrazine groups is 1. The van der Waals surface area contributed by atoms with Gasteiger partial charge in [-0.15, -0.1) is 0 Å². The molecule has 1 fully saturated rings. The van der Waals surface area contributed by atoms with Gasteiger partial charge in [-0.05, 0) is 30.7 Å². The van der Waals surface area contributed by atoms with Crippen LogP contribution in [0.15, 0.2) is 23.1 Å². The maximum Gasteiger partial charge on any atom is 0.294 e. The van der Waals surface area contributed by atoms with E-state index in [1.807, 2.05) is 0 Å². The number of thioether (sulfide) groups is 1. The molecule has 0 spiro atoms. The zero-order valence-corrected chi connectivity index (χ0v) is 12.7. The average molecular weight is 332 g/mol. The molecule has 0 saturated carbocycles. The number of nitrogens with zero attached hydrogens (tertiary/aromatic N) is 1. The van der Waals surface area contributed by atoms with Gasteiger partial charge >= 0.3 is 0 Å². The summed E-state index contributed by atoms with van der Waals surface area (Å²) in [6.45, 7) is 0.331. The highest BCUT2D eigenvalue weighted by Crippen LogP contribution is 2.28. The van der Waals surface area contributed by atoms with Gasteiger partial charge in [0.2, 0.25) is 10.0 Å². The molecule has 116 valence electrons. The van der Waals surface area contributed by atoms with Crippen LogP contribution in [0.1, 0.15) is 12.8 Å². The number of nitro groups is 1. The average Bonchev–Trinajstić information content (AvgIpc) is 2.97. The highest BCUT2D eigenvalue weighted by Gasteiger charge is 2.23. The molecule has 1 aliphatic heterocycles. The summed E-state index contributed by atoms with van der Waals surface area (Å²) < 4.78 is 26.8. The first-order valence-corrected chi connectivity index (χ1v) is 8.83. The third-order valence-corrected chi connectivity index (χ3v) is 5.98. The van der Waals surface area contributed by atoms with Gasteiger partial charge in [0.15, 0.2) is 0 Å². The number of benzene rings is 1. The van der Waals surface area contributed by atoms with Crippen LogP contribution in [-0.4, -0.2) is 30.9 Å². The molecular formula is C11H16N4O4S2. The summed E-state index contributed by atoms with van der Waals surface area (Å²) in [6, 6.07) is 3.56. The maximum atomic E-state index is 12.2. The van der Waals surface area contributed by atoms with Crippen molar-refractivity contribution in [3.05, 3.63) is 28.3 Å². The Morgan fingerprint density at radius 2 is 2.24 bits per heavy atom. The van der Waals surface area contributed by atoms with Gasteiger partial charge in [0, 0.05) is 17.9 Å². The fourth-order valence-corrected chi connectivity index (χ4v) is 4.45. The quantitative estimate of drug-likeness (QED) is 0.403. The number of nitrogens with one attached hydrogen (secondary N) is 2. The van der Waals surface area contributed by atoms with Crippen LogP contribution < -0.4 is 16.0 Å². The van der Waals surface area contributed by atoms with Crippen molar-refractivity contribution in [2.75, 3.05) is 17.7 Å². The topological polar surface area (TPSA) is 127 Å². The molecule has 0 aliphatic carbocycles. The van der Waals surface area contributed by atoms with Crippen molar-refractivity contribution in [3.8, 4) is 0 Å². The number of rotatable bonds is 6. The zero-order chi connectivity index (χ0) is 15.5. The minimum Gasteiger partial charge on any atom is -0.318 e. The van der Waals surface area contributed by atoms with Gasteiger partial charge in [-0.2, -0.15) is 11.8 Å². The van der Waals surface area contributed by atoms with E-state index < -0.39 is 14.9 Å². The number of sulfonamides is 1. The minimum atomic E-state index is -3.77. The van der Waals surface area contributed by atoms with Crippen LogP contribution in [-0.2, 0) is 10.0 Å². The van der Waals surface area contributed by atoms with Gasteiger partial charge in [-0.3, -0.25) is 16.0 Å². The first-order valence-electron chi connectivity index (χ1n) is 6.30. The summed E-state index contributed by atoms with van der Waals surface area (Å²) in [5, 5.41) is 11.2. The lowest BCUT2D eigenvalue weighted by molar-refractivity contribution is -0.384. The third kappa shape index (κ3) is 3.84. The molecule has 10 heteroatoms. The van der Waals surface area contributed by atoms with Crippen molar-refractivity contribution in [3.63, 3.8) is 0 Å². The van der Waals surface area contributed by atoms with Crippen molar-refractivity contribution in [1.82, 2.24) is 4.72 Å². The van der Waals surface area contributed by atoms with Crippen molar-refractivity contribution >= 4 is 33.2 Å². The van der Waals surface area contributed by atoms with Crippen molar-refractivity contribution < 1.29 is 13.3 Å². The monoisotopic (exact) mass is 332 g/mol. The van der Waals surface area contributed by atoms with Gasteiger partial charge in [-0.1, -0.05) is 0 Å². The number of hydrogen-bond donors (Lipinski definition) is 3. The molecule has 8 nitrogen and oxygen atoms in total. The summed E-state index contributed by atoms with van der Waals surface area (Å²) in [5.41, 5.74) is 1.85. The molecule has 0 radical (unpaired) electrons. The molecule has 1 heterocycles. The summed E-state index contributed by atoms with van der Waals surface area (Å²) >= 11 is 1.73. The fourth-order valence-electron chi connectivity index (χ4n) is 2.04. The number of nitrogen functional groups attached to an aromatic ring is 1. The molecule has 1 unspecified atom stereocenters. The molecule has 1 aromatic carbocycles. The lowest BCUT2D eigenvalue weighted by Crippen LogP contribution is -2.30. The van der Waals surface area contributed by atoms with E-state index in [0.29, 0.717) is 6.54 Å². The zero-order valence-electron chi connectivity index (χ0n) is 11.1. The molecule has 1 atom stereocenters. The molecule has 0 amide bonds. The van der Waals surface area contributed by atoms with E-state index in [4.69, 9.17) is 5.84 Å². The van der Waals surface area contributed by atoms with Crippen molar-refractivity contribution in [1.29, 1.82) is 0 Å². The SMILES string of the molecule is NNc1ccc(S(=O)(=O)NCC2CCCS2)cc1[N+](=O)[O-]. The number of hydrogen-bond acceptors (Lipinski definition) is 7. The molecule has 21 heavy (non-hydrogen) atoms. The lowest BCUT2D eigenvalue weighted by Gasteiger charge is -2.11. The molecule has 0 bridgehead atoms. The first kappa shape index (κ1) is 16.0. The Hall–Kier alpha value is -1.36. The molecule has 2 rings (SSSR count). The smallest absolute Gasteiger partial charge is 0.294 e. The van der Waals surface area contributed by atoms with E-state index in [-0.39, 0.29) is 21.5 Å². The van der Waals surface area contributed by atoms with E-state index in [1.165, 1.54) is 12.1 Å². The van der Waals surface area contributed by atoms with Gasteiger partial charge in [0.25, 0.3) is 5.69 Å². The summed E-state index contributed by atoms with van der Waals surface area (Å²) in [4.78, 5) is 10.1. The fraction of sp³-hybridized carbons (Fsp3) is 0.455. The van der Waals surface area contributed by atoms with Crippen LogP contribution in [0.25, 0.3) is 0 Å². The Balaban J connectivity index is 2.18. The molecule has 1 aromatic rings. The van der Waals surface area contributed by atoms with E-state index in [0.717, 1.165) is 24.7 Å². The van der Waals surface area contributed by atoms with Crippen LogP contribution in [0.5, 0.6) is 0 Å². The van der Waals surface area contributed by atoms with Crippen LogP contribution in [0.4, 0.5) is 11.4 Å². The standard InChI is InChI=1S/C11H16N4O4S2/c12-14-10-4-3-9(6-11(10)15(16)17)21(18,19)13-7-8-2-1-5-20-8/h3-4,6,8,13-14H,1-2,5,7,12H2. The molecule has 4 N–H and O–H groups in total. The molecular weight excluding hydrogens is 316 g/mol. The third-order valence-electron chi connectivity index (χ3n) is 3.16. The number of anilines is 1. The Morgan fingerprint density at radius 1 is 1.48 bits per heavy atom. The second-order valence-corrected chi connectivity index (χ2v) is 7.74. The number of nitrogens with two attached hydrogens (primary N) is 1. The van der Waals surface area contributed by atoms with E-state index in [1.54, 1.807) is 11.8 Å². The van der Waals surface area contributed by atoms with Crippen molar-refractivity contribution in [2.45, 2.75) is 23.0 Å². The Bertz CT molecular complexity index is 629. The summed E-state index contributed by atoms with van der Waals surface area (Å²) in [7, 11) is -3.77. The van der Waals surface area contributed by atoms with Gasteiger partial charge < -0.3 is 5.43 Å². The summed E-state index contributed by atoms with van der Waals surface area (Å²) in [6.07, 6.45) is 2.06. The second kappa shape index (κ2) is 6.60. The maximum absolute atomic E-state index is 12.2. The molecule has 0 aromatic heterocycles. The first-order chi connectivity index (χ1) is 9.94. The van der Waals surface area contributed by atoms with E-state index in [9.17, 15) is 18.5 Å². The Kier molecular flexibility index (Phi) is 5.04. The predicted octanol–water partition coefficient (Wildman–Crippen LogP) is 1.05. The number of nitro benzene ring substituents is 1. The Labute approximate surface area is 126 Å². The predicted molar refractivity (Wildman–Crippen MR) is 81.6 cm³/mol. The van der Waals surface area contributed by atoms with Crippen LogP contribution in [0.3, 0.4) is 0 Å². The molecule has 1 aliphatic rings. The van der Waals surface area contributed by atoms with Crippen LogP contribution >= 0.6 is 11.8 Å². The Morgan fingerprint density at radius 3 is 2.81 bits per heavy atom. The van der Waals surface area contributed by atoms with Crippen LogP contribution in [0, 0.1) is 10.1 Å². The highest BCUT2D eigenvalue weighted by atomic mass is 32.2. The van der Waals surface area contributed by atoms with Gasteiger partial charge in [-0.25, -0.2) is 13.1 Å². The highest BCUT2D eigenvalue weighted by molar-refractivity contribution is 8.00. The lowest BCUT2D eigenvalue weighted by atomic mass is 10.2. The van der Waals surface area contributed by atoms with Crippen molar-refractivity contribution in [2.24, 2.45) is 5.84 Å².